The normalized spacial score (nSPS) is 15.9. The third-order valence-electron chi connectivity index (χ3n) is 3.24. The first kappa shape index (κ1) is 11.2. The van der Waals surface area contributed by atoms with Gasteiger partial charge in [0, 0.05) is 31.6 Å². The van der Waals surface area contributed by atoms with E-state index in [9.17, 15) is 0 Å². The van der Waals surface area contributed by atoms with Crippen LogP contribution in [0.3, 0.4) is 0 Å². The number of fused-ring (bicyclic) bond motifs is 1. The van der Waals surface area contributed by atoms with Crippen molar-refractivity contribution in [2.24, 2.45) is 0 Å². The number of nitrogens with zero attached hydrogens (tertiary/aromatic N) is 3. The molecular weight excluding hydrogens is 228 g/mol. The van der Waals surface area contributed by atoms with E-state index in [1.54, 1.807) is 13.4 Å². The van der Waals surface area contributed by atoms with Gasteiger partial charge in [-0.05, 0) is 18.2 Å². The second-order valence-corrected chi connectivity index (χ2v) is 4.32. The molecule has 0 aliphatic carbocycles. The Bertz CT molecular complexity index is 552. The van der Waals surface area contributed by atoms with Gasteiger partial charge in [-0.25, -0.2) is 9.97 Å². The molecule has 5 heteroatoms. The fraction of sp³-hybridized carbons (Fsp3) is 0.385. The zero-order valence-electron chi connectivity index (χ0n) is 10.4. The summed E-state index contributed by atoms with van der Waals surface area (Å²) in [5.41, 5.74) is 0.958. The predicted molar refractivity (Wildman–Crippen MR) is 71.2 cm³/mol. The molecule has 0 spiro atoms. The van der Waals surface area contributed by atoms with Crippen molar-refractivity contribution < 1.29 is 4.74 Å². The Morgan fingerprint density at radius 1 is 1.22 bits per heavy atom. The van der Waals surface area contributed by atoms with E-state index < -0.39 is 0 Å². The average Bonchev–Trinajstić information content (AvgIpc) is 2.47. The summed E-state index contributed by atoms with van der Waals surface area (Å²) in [5.74, 6) is 1.84. The number of anilines is 1. The molecule has 1 aromatic carbocycles. The highest BCUT2D eigenvalue weighted by atomic mass is 16.5. The van der Waals surface area contributed by atoms with E-state index in [1.165, 1.54) is 0 Å². The molecule has 3 rings (SSSR count). The van der Waals surface area contributed by atoms with Crippen molar-refractivity contribution in [3.05, 3.63) is 24.5 Å². The molecule has 2 aromatic rings. The van der Waals surface area contributed by atoms with Crippen LogP contribution in [0.2, 0.25) is 0 Å². The number of rotatable bonds is 2. The molecule has 2 heterocycles. The maximum atomic E-state index is 5.28. The summed E-state index contributed by atoms with van der Waals surface area (Å²) in [6, 6.07) is 5.91. The summed E-state index contributed by atoms with van der Waals surface area (Å²) in [5, 5.41) is 4.40. The van der Waals surface area contributed by atoms with Crippen LogP contribution in [0.25, 0.3) is 10.9 Å². The summed E-state index contributed by atoms with van der Waals surface area (Å²) >= 11 is 0. The number of methoxy groups -OCH3 is 1. The lowest BCUT2D eigenvalue weighted by Gasteiger charge is -2.29. The van der Waals surface area contributed by atoms with Crippen molar-refractivity contribution in [2.45, 2.75) is 0 Å². The van der Waals surface area contributed by atoms with Gasteiger partial charge in [0.15, 0.2) is 0 Å². The van der Waals surface area contributed by atoms with E-state index >= 15 is 0 Å². The Balaban J connectivity index is 2.09. The molecular formula is C13H16N4O. The van der Waals surface area contributed by atoms with E-state index in [2.05, 4.69) is 20.2 Å². The maximum absolute atomic E-state index is 5.28. The summed E-state index contributed by atoms with van der Waals surface area (Å²) in [4.78, 5) is 11.0. The van der Waals surface area contributed by atoms with E-state index in [1.807, 2.05) is 18.2 Å². The molecule has 1 aromatic heterocycles. The third-order valence-corrected chi connectivity index (χ3v) is 3.24. The van der Waals surface area contributed by atoms with Gasteiger partial charge in [0.25, 0.3) is 0 Å². The van der Waals surface area contributed by atoms with Crippen molar-refractivity contribution >= 4 is 16.7 Å². The summed E-state index contributed by atoms with van der Waals surface area (Å²) < 4.78 is 5.28. The minimum atomic E-state index is 0.841. The van der Waals surface area contributed by atoms with E-state index in [-0.39, 0.29) is 0 Å². The van der Waals surface area contributed by atoms with Gasteiger partial charge in [-0.2, -0.15) is 0 Å². The SMILES string of the molecule is COc1ccc2ncnc(N3CCNCC3)c2c1. The van der Waals surface area contributed by atoms with Gasteiger partial charge in [0.1, 0.15) is 17.9 Å². The molecule has 0 bridgehead atoms. The molecule has 0 atom stereocenters. The molecule has 1 aliphatic heterocycles. The standard InChI is InChI=1S/C13H16N4O/c1-18-10-2-3-12-11(8-10)13(16-9-15-12)17-6-4-14-5-7-17/h2-3,8-9,14H,4-7H2,1H3. The van der Waals surface area contributed by atoms with Crippen LogP contribution in [0, 0.1) is 0 Å². The number of piperazine rings is 1. The van der Waals surface area contributed by atoms with Gasteiger partial charge in [-0.1, -0.05) is 0 Å². The number of aromatic nitrogens is 2. The zero-order chi connectivity index (χ0) is 12.4. The van der Waals surface area contributed by atoms with Crippen molar-refractivity contribution in [3.8, 4) is 5.75 Å². The topological polar surface area (TPSA) is 50.3 Å². The molecule has 1 aliphatic rings. The van der Waals surface area contributed by atoms with Gasteiger partial charge >= 0.3 is 0 Å². The summed E-state index contributed by atoms with van der Waals surface area (Å²) in [6.45, 7) is 3.94. The van der Waals surface area contributed by atoms with E-state index in [0.29, 0.717) is 0 Å². The molecule has 94 valence electrons. The smallest absolute Gasteiger partial charge is 0.140 e. The van der Waals surface area contributed by atoms with Crippen LogP contribution in [0.15, 0.2) is 24.5 Å². The molecule has 18 heavy (non-hydrogen) atoms. The van der Waals surface area contributed by atoms with Crippen molar-refractivity contribution in [1.29, 1.82) is 0 Å². The van der Waals surface area contributed by atoms with Gasteiger partial charge in [-0.15, -0.1) is 0 Å². The molecule has 5 nitrogen and oxygen atoms in total. The highest BCUT2D eigenvalue weighted by molar-refractivity contribution is 5.90. The number of hydrogen-bond donors (Lipinski definition) is 1. The lowest BCUT2D eigenvalue weighted by molar-refractivity contribution is 0.415. The van der Waals surface area contributed by atoms with E-state index in [4.69, 9.17) is 4.74 Å². The second-order valence-electron chi connectivity index (χ2n) is 4.32. The first-order valence-electron chi connectivity index (χ1n) is 6.13. The second kappa shape index (κ2) is 4.78. The van der Waals surface area contributed by atoms with Crippen LogP contribution in [0.4, 0.5) is 5.82 Å². The Hall–Kier alpha value is -1.88. The molecule has 0 saturated carbocycles. The quantitative estimate of drug-likeness (QED) is 0.855. The monoisotopic (exact) mass is 244 g/mol. The number of ether oxygens (including phenoxy) is 1. The van der Waals surface area contributed by atoms with Crippen LogP contribution in [0.5, 0.6) is 5.75 Å². The molecule has 0 unspecified atom stereocenters. The fourth-order valence-corrected chi connectivity index (χ4v) is 2.28. The zero-order valence-corrected chi connectivity index (χ0v) is 10.4. The third kappa shape index (κ3) is 1.97. The van der Waals surface area contributed by atoms with Crippen LogP contribution in [-0.4, -0.2) is 43.3 Å². The van der Waals surface area contributed by atoms with Crippen LogP contribution in [0.1, 0.15) is 0 Å². The minimum Gasteiger partial charge on any atom is -0.497 e. The first-order valence-corrected chi connectivity index (χ1v) is 6.13. The van der Waals surface area contributed by atoms with Gasteiger partial charge < -0.3 is 15.0 Å². The minimum absolute atomic E-state index is 0.841. The highest BCUT2D eigenvalue weighted by Crippen LogP contribution is 2.26. The first-order chi connectivity index (χ1) is 8.88. The lowest BCUT2D eigenvalue weighted by atomic mass is 10.2. The fourth-order valence-electron chi connectivity index (χ4n) is 2.28. The average molecular weight is 244 g/mol. The highest BCUT2D eigenvalue weighted by Gasteiger charge is 2.15. The van der Waals surface area contributed by atoms with E-state index in [0.717, 1.165) is 48.6 Å². The molecule has 1 saturated heterocycles. The Morgan fingerprint density at radius 3 is 2.83 bits per heavy atom. The number of benzene rings is 1. The largest absolute Gasteiger partial charge is 0.497 e. The predicted octanol–water partition coefficient (Wildman–Crippen LogP) is 1.05. The van der Waals surface area contributed by atoms with Gasteiger partial charge in [0.2, 0.25) is 0 Å². The van der Waals surface area contributed by atoms with Crippen LogP contribution in [-0.2, 0) is 0 Å². The number of nitrogens with one attached hydrogen (secondary N) is 1. The molecule has 0 radical (unpaired) electrons. The Morgan fingerprint density at radius 2 is 2.06 bits per heavy atom. The van der Waals surface area contributed by atoms with Crippen molar-refractivity contribution in [1.82, 2.24) is 15.3 Å². The van der Waals surface area contributed by atoms with Crippen LogP contribution >= 0.6 is 0 Å². The number of hydrogen-bond acceptors (Lipinski definition) is 5. The maximum Gasteiger partial charge on any atom is 0.140 e. The van der Waals surface area contributed by atoms with Crippen LogP contribution < -0.4 is 15.0 Å². The Kier molecular flexibility index (Phi) is 2.98. The molecule has 1 fully saturated rings. The lowest BCUT2D eigenvalue weighted by Crippen LogP contribution is -2.44. The Labute approximate surface area is 106 Å². The van der Waals surface area contributed by atoms with Crippen molar-refractivity contribution in [2.75, 3.05) is 38.2 Å². The molecule has 1 N–H and O–H groups in total. The van der Waals surface area contributed by atoms with Gasteiger partial charge in [0.05, 0.1) is 12.6 Å². The summed E-state index contributed by atoms with van der Waals surface area (Å²) in [7, 11) is 1.68. The van der Waals surface area contributed by atoms with Gasteiger partial charge in [-0.3, -0.25) is 0 Å². The molecule has 0 amide bonds. The van der Waals surface area contributed by atoms with Crippen molar-refractivity contribution in [3.63, 3.8) is 0 Å². The summed E-state index contributed by atoms with van der Waals surface area (Å²) in [6.07, 6.45) is 1.63.